The maximum Gasteiger partial charge on any atom is 0.406 e. The van der Waals surface area contributed by atoms with E-state index in [0.29, 0.717) is 26.0 Å². The van der Waals surface area contributed by atoms with Crippen LogP contribution in [0.2, 0.25) is 0 Å². The molecule has 3 unspecified atom stereocenters. The van der Waals surface area contributed by atoms with Crippen LogP contribution in [0.3, 0.4) is 0 Å². The number of ether oxygens (including phenoxy) is 1. The zero-order valence-electron chi connectivity index (χ0n) is 13.9. The molecular formula is C15H28F3N3O2. The molecule has 1 N–H and O–H groups in total. The fourth-order valence-electron chi connectivity index (χ4n) is 3.43. The van der Waals surface area contributed by atoms with Crippen LogP contribution < -0.4 is 0 Å². The summed E-state index contributed by atoms with van der Waals surface area (Å²) in [5, 5.41) is 10.2. The van der Waals surface area contributed by atoms with E-state index in [4.69, 9.17) is 4.74 Å². The molecule has 8 heteroatoms. The van der Waals surface area contributed by atoms with E-state index < -0.39 is 24.4 Å². The van der Waals surface area contributed by atoms with Crippen LogP contribution in [0.4, 0.5) is 13.2 Å². The molecule has 3 atom stereocenters. The van der Waals surface area contributed by atoms with Gasteiger partial charge in [0.05, 0.1) is 12.2 Å². The highest BCUT2D eigenvalue weighted by atomic mass is 19.4. The van der Waals surface area contributed by atoms with Crippen molar-refractivity contribution in [1.82, 2.24) is 14.7 Å². The average Bonchev–Trinajstić information content (AvgIpc) is 2.93. The van der Waals surface area contributed by atoms with E-state index in [-0.39, 0.29) is 6.54 Å². The van der Waals surface area contributed by atoms with E-state index in [9.17, 15) is 18.3 Å². The minimum Gasteiger partial charge on any atom is -0.390 e. The Morgan fingerprint density at radius 3 is 2.43 bits per heavy atom. The number of alkyl halides is 3. The number of likely N-dealkylation sites (N-methyl/N-ethyl adjacent to an activating group) is 2. The van der Waals surface area contributed by atoms with Gasteiger partial charge in [0.25, 0.3) is 0 Å². The Morgan fingerprint density at radius 1 is 1.26 bits per heavy atom. The fourth-order valence-corrected chi connectivity index (χ4v) is 3.43. The van der Waals surface area contributed by atoms with Crippen molar-refractivity contribution in [2.75, 3.05) is 60.0 Å². The predicted octanol–water partition coefficient (Wildman–Crippen LogP) is 0.636. The van der Waals surface area contributed by atoms with Crippen LogP contribution in [0, 0.1) is 0 Å². The van der Waals surface area contributed by atoms with Gasteiger partial charge < -0.3 is 14.7 Å². The number of aliphatic hydroxyl groups is 1. The first-order chi connectivity index (χ1) is 10.8. The summed E-state index contributed by atoms with van der Waals surface area (Å²) in [6, 6.07) is -1.65. The molecule has 2 fully saturated rings. The lowest BCUT2D eigenvalue weighted by atomic mass is 10.1. The Labute approximate surface area is 136 Å². The van der Waals surface area contributed by atoms with Crippen LogP contribution in [0.5, 0.6) is 0 Å². The van der Waals surface area contributed by atoms with Gasteiger partial charge in [-0.05, 0) is 26.9 Å². The van der Waals surface area contributed by atoms with Crippen molar-refractivity contribution in [3.8, 4) is 0 Å². The first-order valence-corrected chi connectivity index (χ1v) is 8.25. The van der Waals surface area contributed by atoms with Gasteiger partial charge in [-0.2, -0.15) is 13.2 Å². The molecule has 5 nitrogen and oxygen atoms in total. The van der Waals surface area contributed by atoms with Crippen molar-refractivity contribution in [2.45, 2.75) is 37.3 Å². The molecule has 0 spiro atoms. The minimum atomic E-state index is -4.35. The largest absolute Gasteiger partial charge is 0.406 e. The quantitative estimate of drug-likeness (QED) is 0.769. The molecule has 2 aliphatic rings. The second-order valence-electron chi connectivity index (χ2n) is 6.74. The summed E-state index contributed by atoms with van der Waals surface area (Å²) in [6.07, 6.45) is -4.89. The summed E-state index contributed by atoms with van der Waals surface area (Å²) in [6.45, 7) is 4.31. The second-order valence-corrected chi connectivity index (χ2v) is 6.74. The number of rotatable bonds is 6. The highest BCUT2D eigenvalue weighted by Gasteiger charge is 2.48. The van der Waals surface area contributed by atoms with E-state index in [1.54, 1.807) is 0 Å². The topological polar surface area (TPSA) is 39.2 Å². The Balaban J connectivity index is 1.86. The van der Waals surface area contributed by atoms with Crippen molar-refractivity contribution < 1.29 is 23.0 Å². The Morgan fingerprint density at radius 2 is 1.91 bits per heavy atom. The zero-order valence-corrected chi connectivity index (χ0v) is 13.9. The van der Waals surface area contributed by atoms with Gasteiger partial charge in [-0.25, -0.2) is 0 Å². The smallest absolute Gasteiger partial charge is 0.390 e. The monoisotopic (exact) mass is 339 g/mol. The van der Waals surface area contributed by atoms with Crippen molar-refractivity contribution in [3.63, 3.8) is 0 Å². The lowest BCUT2D eigenvalue weighted by molar-refractivity contribution is -0.208. The summed E-state index contributed by atoms with van der Waals surface area (Å²) in [5.74, 6) is 0. The molecule has 2 heterocycles. The lowest BCUT2D eigenvalue weighted by Gasteiger charge is -2.37. The number of piperazine rings is 1. The van der Waals surface area contributed by atoms with E-state index in [1.165, 1.54) is 11.9 Å². The van der Waals surface area contributed by atoms with Crippen molar-refractivity contribution in [2.24, 2.45) is 0 Å². The molecule has 0 aliphatic carbocycles. The van der Waals surface area contributed by atoms with E-state index in [0.717, 1.165) is 26.2 Å². The standard InChI is InChI=1S/C15H28F3N3O2/c1-19-5-7-21(8-6-19)11-12(22)10-20(2)14(15(16,17)18)13-4-3-9-23-13/h12-14,22H,3-11H2,1-2H3. The third-order valence-electron chi connectivity index (χ3n) is 4.69. The van der Waals surface area contributed by atoms with Gasteiger partial charge in [0.2, 0.25) is 0 Å². The summed E-state index contributed by atoms with van der Waals surface area (Å²) < 4.78 is 45.3. The number of aliphatic hydroxyl groups excluding tert-OH is 1. The van der Waals surface area contributed by atoms with Gasteiger partial charge in [-0.1, -0.05) is 0 Å². The molecule has 0 radical (unpaired) electrons. The van der Waals surface area contributed by atoms with Crippen molar-refractivity contribution >= 4 is 0 Å². The highest BCUT2D eigenvalue weighted by Crippen LogP contribution is 2.32. The molecule has 2 rings (SSSR count). The predicted molar refractivity (Wildman–Crippen MR) is 81.4 cm³/mol. The summed E-state index contributed by atoms with van der Waals surface area (Å²) >= 11 is 0. The molecule has 0 bridgehead atoms. The van der Waals surface area contributed by atoms with E-state index >= 15 is 0 Å². The molecule has 0 amide bonds. The van der Waals surface area contributed by atoms with Gasteiger partial charge >= 0.3 is 6.18 Å². The van der Waals surface area contributed by atoms with Gasteiger partial charge in [-0.15, -0.1) is 0 Å². The first-order valence-electron chi connectivity index (χ1n) is 8.25. The SMILES string of the molecule is CN1CCN(CC(O)CN(C)C(C2CCCO2)C(F)(F)F)CC1. The molecule has 0 aromatic heterocycles. The van der Waals surface area contributed by atoms with Crippen LogP contribution >= 0.6 is 0 Å². The molecule has 23 heavy (non-hydrogen) atoms. The Bertz CT molecular complexity index is 356. The normalized spacial score (nSPS) is 27.5. The maximum absolute atomic E-state index is 13.4. The molecule has 136 valence electrons. The molecule has 0 aromatic carbocycles. The summed E-state index contributed by atoms with van der Waals surface area (Å²) in [5.41, 5.74) is 0. The first kappa shape index (κ1) is 18.9. The summed E-state index contributed by atoms with van der Waals surface area (Å²) in [4.78, 5) is 5.51. The third kappa shape index (κ3) is 5.56. The fraction of sp³-hybridized carbons (Fsp3) is 1.00. The van der Waals surface area contributed by atoms with Gasteiger partial charge in [0.1, 0.15) is 6.04 Å². The second kappa shape index (κ2) is 8.11. The number of hydrogen-bond acceptors (Lipinski definition) is 5. The number of halogens is 3. The maximum atomic E-state index is 13.4. The lowest BCUT2D eigenvalue weighted by Crippen LogP contribution is -2.54. The molecule has 2 aliphatic heterocycles. The molecule has 0 aromatic rings. The number of nitrogens with zero attached hydrogens (tertiary/aromatic N) is 3. The summed E-state index contributed by atoms with van der Waals surface area (Å²) in [7, 11) is 3.46. The van der Waals surface area contributed by atoms with Crippen LogP contribution in [0.25, 0.3) is 0 Å². The highest BCUT2D eigenvalue weighted by molar-refractivity contribution is 4.88. The van der Waals surface area contributed by atoms with Crippen LogP contribution in [-0.4, -0.2) is 104 Å². The number of hydrogen-bond donors (Lipinski definition) is 1. The van der Waals surface area contributed by atoms with Crippen LogP contribution in [0.1, 0.15) is 12.8 Å². The average molecular weight is 339 g/mol. The van der Waals surface area contributed by atoms with Crippen molar-refractivity contribution in [1.29, 1.82) is 0 Å². The Hall–Kier alpha value is -0.410. The van der Waals surface area contributed by atoms with E-state index in [2.05, 4.69) is 9.80 Å². The third-order valence-corrected chi connectivity index (χ3v) is 4.69. The molecular weight excluding hydrogens is 311 g/mol. The number of β-amino-alcohol motifs (C(OH)–C–C–N with tert-alkyl or cyclic N) is 1. The van der Waals surface area contributed by atoms with E-state index in [1.807, 2.05) is 7.05 Å². The van der Waals surface area contributed by atoms with Crippen molar-refractivity contribution in [3.05, 3.63) is 0 Å². The van der Waals surface area contributed by atoms with Crippen LogP contribution in [0.15, 0.2) is 0 Å². The molecule has 0 saturated carbocycles. The van der Waals surface area contributed by atoms with Gasteiger partial charge in [0, 0.05) is 45.9 Å². The van der Waals surface area contributed by atoms with Gasteiger partial charge in [-0.3, -0.25) is 9.80 Å². The Kier molecular flexibility index (Phi) is 6.67. The molecule has 2 saturated heterocycles. The zero-order chi connectivity index (χ0) is 17.0. The van der Waals surface area contributed by atoms with Crippen LogP contribution in [-0.2, 0) is 4.74 Å². The van der Waals surface area contributed by atoms with Gasteiger partial charge in [0.15, 0.2) is 0 Å². The minimum absolute atomic E-state index is 0.00360.